The highest BCUT2D eigenvalue weighted by Crippen LogP contribution is 2.39. The number of furan rings is 1. The molecule has 26 heavy (non-hydrogen) atoms. The summed E-state index contributed by atoms with van der Waals surface area (Å²) >= 11 is 0. The van der Waals surface area contributed by atoms with Crippen LogP contribution in [0, 0.1) is 0 Å². The van der Waals surface area contributed by atoms with Gasteiger partial charge in [-0.25, -0.2) is 5.43 Å². The van der Waals surface area contributed by atoms with Crippen molar-refractivity contribution >= 4 is 5.91 Å². The maximum Gasteiger partial charge on any atom is 0.301 e. The SMILES string of the molecule is CC(C)(C)c1cc(CCNNC(=O)c2ccco2)cc(C(C)(C)C)c1O. The first kappa shape index (κ1) is 20.0. The second kappa shape index (κ2) is 7.54. The number of carbonyl (C=O) groups excluding carboxylic acids is 1. The number of hydrazine groups is 1. The van der Waals surface area contributed by atoms with Gasteiger partial charge in [0.15, 0.2) is 5.76 Å². The van der Waals surface area contributed by atoms with Gasteiger partial charge in [0.1, 0.15) is 5.75 Å². The second-order valence-corrected chi connectivity index (χ2v) is 8.65. The summed E-state index contributed by atoms with van der Waals surface area (Å²) in [7, 11) is 0. The van der Waals surface area contributed by atoms with E-state index in [0.29, 0.717) is 12.3 Å². The van der Waals surface area contributed by atoms with Crippen LogP contribution >= 0.6 is 0 Å². The summed E-state index contributed by atoms with van der Waals surface area (Å²) in [6.45, 7) is 13.2. The summed E-state index contributed by atoms with van der Waals surface area (Å²) in [5, 5.41) is 10.8. The Balaban J connectivity index is 2.10. The van der Waals surface area contributed by atoms with Crippen LogP contribution in [0.5, 0.6) is 5.75 Å². The lowest BCUT2D eigenvalue weighted by atomic mass is 9.78. The zero-order valence-electron chi connectivity index (χ0n) is 16.6. The van der Waals surface area contributed by atoms with E-state index >= 15 is 0 Å². The molecule has 5 heteroatoms. The van der Waals surface area contributed by atoms with Crippen LogP contribution < -0.4 is 10.9 Å². The number of benzene rings is 1. The van der Waals surface area contributed by atoms with Gasteiger partial charge in [0.2, 0.25) is 0 Å². The minimum atomic E-state index is -0.300. The van der Waals surface area contributed by atoms with Gasteiger partial charge in [-0.2, -0.15) is 0 Å². The number of nitrogens with one attached hydrogen (secondary N) is 2. The molecule has 3 N–H and O–H groups in total. The van der Waals surface area contributed by atoms with Crippen LogP contribution in [0.25, 0.3) is 0 Å². The van der Waals surface area contributed by atoms with Gasteiger partial charge >= 0.3 is 5.91 Å². The monoisotopic (exact) mass is 358 g/mol. The molecule has 0 unspecified atom stereocenters. The normalized spacial score (nSPS) is 12.2. The van der Waals surface area contributed by atoms with E-state index in [9.17, 15) is 9.90 Å². The molecule has 2 rings (SSSR count). The van der Waals surface area contributed by atoms with Crippen molar-refractivity contribution in [1.82, 2.24) is 10.9 Å². The number of amides is 1. The predicted molar refractivity (Wildman–Crippen MR) is 103 cm³/mol. The summed E-state index contributed by atoms with van der Waals surface area (Å²) in [5.41, 5.74) is 8.26. The van der Waals surface area contributed by atoms with Gasteiger partial charge < -0.3 is 9.52 Å². The molecule has 0 aliphatic carbocycles. The molecule has 1 amide bonds. The molecule has 0 aliphatic rings. The number of rotatable bonds is 5. The van der Waals surface area contributed by atoms with E-state index in [1.807, 2.05) is 0 Å². The molecule has 0 spiro atoms. The number of aromatic hydroxyl groups is 1. The topological polar surface area (TPSA) is 74.5 Å². The third-order valence-electron chi connectivity index (χ3n) is 4.27. The molecular formula is C21H30N2O3. The third-order valence-corrected chi connectivity index (χ3v) is 4.27. The van der Waals surface area contributed by atoms with Gasteiger partial charge in [0.05, 0.1) is 6.26 Å². The Morgan fingerprint density at radius 3 is 2.12 bits per heavy atom. The van der Waals surface area contributed by atoms with Crippen molar-refractivity contribution < 1.29 is 14.3 Å². The molecule has 142 valence electrons. The first-order chi connectivity index (χ1) is 12.0. The largest absolute Gasteiger partial charge is 0.507 e. The smallest absolute Gasteiger partial charge is 0.301 e. The summed E-state index contributed by atoms with van der Waals surface area (Å²) in [6, 6.07) is 7.40. The lowest BCUT2D eigenvalue weighted by molar-refractivity contribution is 0.0905. The van der Waals surface area contributed by atoms with Crippen LogP contribution in [0.2, 0.25) is 0 Å². The predicted octanol–water partition coefficient (Wildman–Crippen LogP) is 4.06. The number of hydrogen-bond donors (Lipinski definition) is 3. The summed E-state index contributed by atoms with van der Waals surface area (Å²) in [5.74, 6) is 0.353. The molecular weight excluding hydrogens is 328 g/mol. The fourth-order valence-electron chi connectivity index (χ4n) is 2.80. The number of hydrogen-bond acceptors (Lipinski definition) is 4. The van der Waals surface area contributed by atoms with Crippen molar-refractivity contribution in [1.29, 1.82) is 0 Å². The van der Waals surface area contributed by atoms with E-state index in [4.69, 9.17) is 4.42 Å². The Kier molecular flexibility index (Phi) is 5.81. The van der Waals surface area contributed by atoms with E-state index in [0.717, 1.165) is 23.1 Å². The minimum absolute atomic E-state index is 0.152. The van der Waals surface area contributed by atoms with E-state index in [2.05, 4.69) is 64.5 Å². The van der Waals surface area contributed by atoms with Crippen molar-refractivity contribution in [2.24, 2.45) is 0 Å². The molecule has 1 aromatic heterocycles. The van der Waals surface area contributed by atoms with E-state index in [-0.39, 0.29) is 22.5 Å². The maximum atomic E-state index is 11.8. The highest BCUT2D eigenvalue weighted by atomic mass is 16.3. The van der Waals surface area contributed by atoms with Crippen LogP contribution in [0.3, 0.4) is 0 Å². The Labute approximate surface area is 155 Å². The highest BCUT2D eigenvalue weighted by molar-refractivity contribution is 5.90. The van der Waals surface area contributed by atoms with Gasteiger partial charge in [-0.05, 0) is 46.1 Å². The first-order valence-corrected chi connectivity index (χ1v) is 8.93. The van der Waals surface area contributed by atoms with E-state index < -0.39 is 0 Å². The quantitative estimate of drug-likeness (QED) is 0.557. The third kappa shape index (κ3) is 4.88. The molecule has 0 fully saturated rings. The molecule has 0 saturated heterocycles. The Hall–Kier alpha value is -2.27. The van der Waals surface area contributed by atoms with E-state index in [1.165, 1.54) is 6.26 Å². The summed E-state index contributed by atoms with van der Waals surface area (Å²) in [4.78, 5) is 11.8. The molecule has 0 saturated carbocycles. The van der Waals surface area contributed by atoms with Crippen molar-refractivity contribution in [3.8, 4) is 5.75 Å². The molecule has 0 aliphatic heterocycles. The van der Waals surface area contributed by atoms with Crippen molar-refractivity contribution in [2.75, 3.05) is 6.54 Å². The van der Waals surface area contributed by atoms with E-state index in [1.54, 1.807) is 12.1 Å². The fourth-order valence-corrected chi connectivity index (χ4v) is 2.80. The Morgan fingerprint density at radius 2 is 1.65 bits per heavy atom. The lowest BCUT2D eigenvalue weighted by Gasteiger charge is -2.28. The van der Waals surface area contributed by atoms with Crippen LogP contribution in [0.15, 0.2) is 34.9 Å². The van der Waals surface area contributed by atoms with Crippen LogP contribution in [-0.4, -0.2) is 17.6 Å². The second-order valence-electron chi connectivity index (χ2n) is 8.65. The molecule has 0 atom stereocenters. The van der Waals surface area contributed by atoms with Gasteiger partial charge in [-0.15, -0.1) is 0 Å². The molecule has 5 nitrogen and oxygen atoms in total. The van der Waals surface area contributed by atoms with Crippen molar-refractivity contribution in [3.63, 3.8) is 0 Å². The van der Waals surface area contributed by atoms with Crippen molar-refractivity contribution in [3.05, 3.63) is 53.0 Å². The first-order valence-electron chi connectivity index (χ1n) is 8.93. The number of carbonyl (C=O) groups is 1. The highest BCUT2D eigenvalue weighted by Gasteiger charge is 2.26. The molecule has 0 radical (unpaired) electrons. The average molecular weight is 358 g/mol. The van der Waals surface area contributed by atoms with Crippen LogP contribution in [0.4, 0.5) is 0 Å². The minimum Gasteiger partial charge on any atom is -0.507 e. The fraction of sp³-hybridized carbons (Fsp3) is 0.476. The van der Waals surface area contributed by atoms with Crippen LogP contribution in [-0.2, 0) is 17.3 Å². The average Bonchev–Trinajstić information content (AvgIpc) is 3.04. The molecule has 1 heterocycles. The lowest BCUT2D eigenvalue weighted by Crippen LogP contribution is -2.38. The molecule has 1 aromatic carbocycles. The Morgan fingerprint density at radius 1 is 1.08 bits per heavy atom. The summed E-state index contributed by atoms with van der Waals surface area (Å²) in [6.07, 6.45) is 2.19. The maximum absolute atomic E-state index is 11.8. The van der Waals surface area contributed by atoms with Gasteiger partial charge in [-0.3, -0.25) is 10.2 Å². The van der Waals surface area contributed by atoms with Gasteiger partial charge in [0.25, 0.3) is 0 Å². The Bertz CT molecular complexity index is 716. The zero-order chi connectivity index (χ0) is 19.5. The van der Waals surface area contributed by atoms with Gasteiger partial charge in [-0.1, -0.05) is 53.7 Å². The molecule has 0 bridgehead atoms. The standard InChI is InChI=1S/C21H30N2O3/c1-20(2,3)15-12-14(13-16(18(15)24)21(4,5)6)9-10-22-23-19(25)17-8-7-11-26-17/h7-8,11-13,22,24H,9-10H2,1-6H3,(H,23,25). The number of phenols is 1. The number of phenolic OH excluding ortho intramolecular Hbond substituents is 1. The van der Waals surface area contributed by atoms with Gasteiger partial charge in [0, 0.05) is 6.54 Å². The summed E-state index contributed by atoms with van der Waals surface area (Å²) < 4.78 is 5.05. The van der Waals surface area contributed by atoms with Crippen LogP contribution in [0.1, 0.15) is 68.8 Å². The molecule has 2 aromatic rings. The van der Waals surface area contributed by atoms with Crippen molar-refractivity contribution in [2.45, 2.75) is 58.8 Å². The zero-order valence-corrected chi connectivity index (χ0v) is 16.6.